The van der Waals surface area contributed by atoms with Gasteiger partial charge in [-0.05, 0) is 53.6 Å². The molecular weight excluding hydrogens is 390 g/mol. The Kier molecular flexibility index (Phi) is 6.30. The van der Waals surface area contributed by atoms with Gasteiger partial charge in [-0.25, -0.2) is 17.6 Å². The highest BCUT2D eigenvalue weighted by atomic mass is 19.3. The van der Waals surface area contributed by atoms with Crippen molar-refractivity contribution in [3.8, 4) is 11.1 Å². The molecule has 0 aliphatic rings. The molecule has 0 fully saturated rings. The van der Waals surface area contributed by atoms with Crippen LogP contribution in [0.3, 0.4) is 0 Å². The van der Waals surface area contributed by atoms with Crippen molar-refractivity contribution < 1.29 is 26.3 Å². The normalized spacial score (nSPS) is 11.1. The third-order valence-corrected chi connectivity index (χ3v) is 4.78. The van der Waals surface area contributed by atoms with Crippen molar-refractivity contribution in [3.05, 3.63) is 76.9 Å². The number of hydrogen-bond acceptors (Lipinski definition) is 0. The van der Waals surface area contributed by atoms with Gasteiger partial charge in [-0.1, -0.05) is 31.9 Å². The van der Waals surface area contributed by atoms with E-state index in [2.05, 4.69) is 6.92 Å². The number of halogens is 6. The van der Waals surface area contributed by atoms with Crippen LogP contribution in [0.25, 0.3) is 28.0 Å². The van der Waals surface area contributed by atoms with E-state index < -0.39 is 40.3 Å². The van der Waals surface area contributed by atoms with Crippen LogP contribution in [0.5, 0.6) is 0 Å². The second kappa shape index (κ2) is 8.72. The highest BCUT2D eigenvalue weighted by Crippen LogP contribution is 2.33. The molecule has 152 valence electrons. The van der Waals surface area contributed by atoms with Gasteiger partial charge in [0.05, 0.1) is 10.9 Å². The molecule has 0 heterocycles. The molecule has 0 aliphatic heterocycles. The fraction of sp³-hybridized carbons (Fsp3) is 0.217. The Morgan fingerprint density at radius 1 is 0.862 bits per heavy atom. The van der Waals surface area contributed by atoms with Crippen LogP contribution in [0.4, 0.5) is 26.3 Å². The number of hydrogen-bond donors (Lipinski definition) is 0. The van der Waals surface area contributed by atoms with Gasteiger partial charge in [0.2, 0.25) is 0 Å². The smallest absolute Gasteiger partial charge is 0.206 e. The van der Waals surface area contributed by atoms with Crippen LogP contribution in [0, 0.1) is 23.3 Å². The SMILES string of the molecule is CCCCCc1ccc(-c2cc(F)c3c(F)c(C=C(F)F)c(F)cc3c2)c(F)c1. The second-order valence-electron chi connectivity index (χ2n) is 6.85. The molecule has 29 heavy (non-hydrogen) atoms. The van der Waals surface area contributed by atoms with E-state index in [4.69, 9.17) is 0 Å². The van der Waals surface area contributed by atoms with E-state index >= 15 is 0 Å². The van der Waals surface area contributed by atoms with Crippen LogP contribution in [0.2, 0.25) is 0 Å². The zero-order chi connectivity index (χ0) is 21.1. The minimum atomic E-state index is -2.31. The predicted octanol–water partition coefficient (Wildman–Crippen LogP) is 8.03. The first-order valence-corrected chi connectivity index (χ1v) is 9.24. The summed E-state index contributed by atoms with van der Waals surface area (Å²) < 4.78 is 82.5. The topological polar surface area (TPSA) is 0 Å². The molecule has 0 saturated heterocycles. The molecule has 0 bridgehead atoms. The van der Waals surface area contributed by atoms with Crippen molar-refractivity contribution in [1.29, 1.82) is 0 Å². The first-order chi connectivity index (χ1) is 13.8. The molecule has 0 saturated carbocycles. The van der Waals surface area contributed by atoms with Gasteiger partial charge >= 0.3 is 0 Å². The number of rotatable bonds is 6. The predicted molar refractivity (Wildman–Crippen MR) is 103 cm³/mol. The van der Waals surface area contributed by atoms with Crippen LogP contribution >= 0.6 is 0 Å². The maximum Gasteiger partial charge on any atom is 0.271 e. The van der Waals surface area contributed by atoms with Crippen LogP contribution in [0.1, 0.15) is 37.3 Å². The summed E-state index contributed by atoms with van der Waals surface area (Å²) in [5.74, 6) is -4.34. The quantitative estimate of drug-likeness (QED) is 0.286. The highest BCUT2D eigenvalue weighted by Gasteiger charge is 2.18. The Hall–Kier alpha value is -2.76. The lowest BCUT2D eigenvalue weighted by molar-refractivity contribution is 0.428. The fourth-order valence-electron chi connectivity index (χ4n) is 3.35. The highest BCUT2D eigenvalue weighted by molar-refractivity contribution is 5.90. The maximum atomic E-state index is 14.6. The number of unbranched alkanes of at least 4 members (excludes halogenated alkanes) is 2. The Morgan fingerprint density at radius 3 is 2.28 bits per heavy atom. The Labute approximate surface area is 164 Å². The van der Waals surface area contributed by atoms with Crippen molar-refractivity contribution in [1.82, 2.24) is 0 Å². The summed E-state index contributed by atoms with van der Waals surface area (Å²) in [6.07, 6.45) is 1.41. The van der Waals surface area contributed by atoms with E-state index in [0.29, 0.717) is 0 Å². The summed E-state index contributed by atoms with van der Waals surface area (Å²) in [5, 5.41) is -0.808. The number of fused-ring (bicyclic) bond motifs is 1. The average molecular weight is 408 g/mol. The lowest BCUT2D eigenvalue weighted by Gasteiger charge is -2.11. The van der Waals surface area contributed by atoms with E-state index in [1.807, 2.05) is 0 Å². The molecule has 0 aromatic heterocycles. The van der Waals surface area contributed by atoms with Gasteiger partial charge in [-0.3, -0.25) is 0 Å². The summed E-state index contributed by atoms with van der Waals surface area (Å²) in [6, 6.07) is 7.51. The van der Waals surface area contributed by atoms with Crippen molar-refractivity contribution in [3.63, 3.8) is 0 Å². The zero-order valence-corrected chi connectivity index (χ0v) is 15.6. The van der Waals surface area contributed by atoms with Crippen molar-refractivity contribution in [2.24, 2.45) is 0 Å². The summed E-state index contributed by atoms with van der Waals surface area (Å²) in [7, 11) is 0. The Balaban J connectivity index is 2.07. The standard InChI is InChI=1S/C23H18F6/c1-2-3-4-5-13-6-7-16(18(24)8-13)14-9-15-11-19(25)17(12-21(27)28)23(29)22(15)20(26)10-14/h6-12H,2-5H2,1H3. The van der Waals surface area contributed by atoms with Crippen LogP contribution in [-0.2, 0) is 6.42 Å². The second-order valence-corrected chi connectivity index (χ2v) is 6.85. The third-order valence-electron chi connectivity index (χ3n) is 4.78. The van der Waals surface area contributed by atoms with Crippen LogP contribution in [-0.4, -0.2) is 0 Å². The molecule has 3 rings (SSSR count). The molecule has 3 aromatic carbocycles. The third kappa shape index (κ3) is 4.47. The molecule has 0 radical (unpaired) electrons. The summed E-state index contributed by atoms with van der Waals surface area (Å²) in [5.41, 5.74) is -0.0227. The molecule has 0 spiro atoms. The molecule has 3 aromatic rings. The van der Waals surface area contributed by atoms with Crippen LogP contribution < -0.4 is 0 Å². The van der Waals surface area contributed by atoms with E-state index in [9.17, 15) is 26.3 Å². The first-order valence-electron chi connectivity index (χ1n) is 9.24. The lowest BCUT2D eigenvalue weighted by atomic mass is 9.96. The number of aryl methyl sites for hydroxylation is 1. The summed E-state index contributed by atoms with van der Waals surface area (Å²) in [6.45, 7) is 2.07. The summed E-state index contributed by atoms with van der Waals surface area (Å²) >= 11 is 0. The van der Waals surface area contributed by atoms with Gasteiger partial charge in [0.1, 0.15) is 23.3 Å². The molecule has 0 N–H and O–H groups in total. The lowest BCUT2D eigenvalue weighted by Crippen LogP contribution is -1.96. The fourth-order valence-corrected chi connectivity index (χ4v) is 3.35. The van der Waals surface area contributed by atoms with Gasteiger partial charge in [-0.15, -0.1) is 0 Å². The maximum absolute atomic E-state index is 14.6. The molecular formula is C23H18F6. The molecule has 0 aliphatic carbocycles. The number of benzene rings is 3. The Bertz CT molecular complexity index is 1080. The monoisotopic (exact) mass is 408 g/mol. The molecule has 6 heteroatoms. The zero-order valence-electron chi connectivity index (χ0n) is 15.6. The van der Waals surface area contributed by atoms with E-state index in [0.717, 1.165) is 43.4 Å². The van der Waals surface area contributed by atoms with Gasteiger partial charge < -0.3 is 0 Å². The summed E-state index contributed by atoms with van der Waals surface area (Å²) in [4.78, 5) is 0. The van der Waals surface area contributed by atoms with Crippen molar-refractivity contribution >= 4 is 16.8 Å². The largest absolute Gasteiger partial charge is 0.271 e. The molecule has 0 atom stereocenters. The molecule has 0 nitrogen and oxygen atoms in total. The van der Waals surface area contributed by atoms with Crippen molar-refractivity contribution in [2.45, 2.75) is 32.6 Å². The van der Waals surface area contributed by atoms with Gasteiger partial charge in [0.25, 0.3) is 6.08 Å². The average Bonchev–Trinajstić information content (AvgIpc) is 2.64. The molecule has 0 unspecified atom stereocenters. The van der Waals surface area contributed by atoms with Crippen LogP contribution in [0.15, 0.2) is 42.5 Å². The Morgan fingerprint density at radius 2 is 1.62 bits per heavy atom. The van der Waals surface area contributed by atoms with Gasteiger partial charge in [0, 0.05) is 11.6 Å². The minimum absolute atomic E-state index is 0.00833. The van der Waals surface area contributed by atoms with E-state index in [-0.39, 0.29) is 22.6 Å². The van der Waals surface area contributed by atoms with E-state index in [1.54, 1.807) is 6.07 Å². The minimum Gasteiger partial charge on any atom is -0.206 e. The molecule has 0 amide bonds. The van der Waals surface area contributed by atoms with Gasteiger partial charge in [-0.2, -0.15) is 8.78 Å². The first kappa shape index (κ1) is 21.0. The van der Waals surface area contributed by atoms with E-state index in [1.165, 1.54) is 18.2 Å². The van der Waals surface area contributed by atoms with Gasteiger partial charge in [0.15, 0.2) is 0 Å². The van der Waals surface area contributed by atoms with Crippen molar-refractivity contribution in [2.75, 3.05) is 0 Å².